The van der Waals surface area contributed by atoms with E-state index in [0.717, 1.165) is 5.56 Å². The smallest absolute Gasteiger partial charge is 0.333 e. The lowest BCUT2D eigenvalue weighted by Gasteiger charge is -2.51. The molecule has 0 spiro atoms. The van der Waals surface area contributed by atoms with Crippen molar-refractivity contribution in [1.82, 2.24) is 9.55 Å². The number of carbonyl (C=O) groups is 3. The van der Waals surface area contributed by atoms with Gasteiger partial charge in [-0.15, -0.1) is 0 Å². The Labute approximate surface area is 209 Å². The molecule has 3 rings (SSSR count). The van der Waals surface area contributed by atoms with Crippen LogP contribution in [0.1, 0.15) is 82.6 Å². The molecule has 1 atom stereocenters. The van der Waals surface area contributed by atoms with Crippen LogP contribution in [0.5, 0.6) is 0 Å². The highest BCUT2D eigenvalue weighted by Crippen LogP contribution is 2.65. The first-order valence-electron chi connectivity index (χ1n) is 11.9. The molecular weight excluding hydrogens is 472 g/mol. The molecule has 1 aliphatic carbocycles. The third kappa shape index (κ3) is 3.48. The van der Waals surface area contributed by atoms with E-state index in [-0.39, 0.29) is 18.9 Å². The van der Waals surface area contributed by atoms with Gasteiger partial charge in [0.25, 0.3) is 5.41 Å². The molecule has 3 N–H and O–H groups in total. The monoisotopic (exact) mass is 504 g/mol. The molecule has 0 amide bonds. The number of hydrogen-bond acceptors (Lipinski definition) is 4. The minimum atomic E-state index is -3.09. The van der Waals surface area contributed by atoms with E-state index >= 15 is 0 Å². The Hall–Kier alpha value is -2.87. The summed E-state index contributed by atoms with van der Waals surface area (Å²) in [5, 5.41) is 31.7. The van der Waals surface area contributed by atoms with E-state index in [0.29, 0.717) is 41.5 Å². The highest BCUT2D eigenvalue weighted by Gasteiger charge is 2.77. The second-order valence-electron chi connectivity index (χ2n) is 9.72. The molecule has 8 nitrogen and oxygen atoms in total. The number of halogens is 1. The fourth-order valence-electron chi connectivity index (χ4n) is 6.53. The Bertz CT molecular complexity index is 1110. The lowest BCUT2D eigenvalue weighted by molar-refractivity contribution is -0.189. The van der Waals surface area contributed by atoms with Crippen molar-refractivity contribution in [2.45, 2.75) is 78.2 Å². The topological polar surface area (TPSA) is 130 Å². The number of imidazole rings is 1. The number of benzene rings is 1. The van der Waals surface area contributed by atoms with Crippen molar-refractivity contribution < 1.29 is 29.7 Å². The molecule has 1 heterocycles. The van der Waals surface area contributed by atoms with Crippen LogP contribution in [0.15, 0.2) is 24.3 Å². The lowest BCUT2D eigenvalue weighted by atomic mass is 9.48. The summed E-state index contributed by atoms with van der Waals surface area (Å²) in [4.78, 5) is 43.4. The molecule has 9 heteroatoms. The normalized spacial score (nSPS) is 19.1. The molecule has 0 radical (unpaired) electrons. The molecule has 2 aromatic rings. The molecule has 1 aromatic heterocycles. The number of aromatic nitrogens is 2. The van der Waals surface area contributed by atoms with E-state index in [4.69, 9.17) is 16.6 Å². The van der Waals surface area contributed by atoms with Crippen LogP contribution >= 0.6 is 11.6 Å². The highest BCUT2D eigenvalue weighted by molar-refractivity contribution is 6.30. The molecule has 1 aromatic carbocycles. The van der Waals surface area contributed by atoms with Crippen LogP contribution in [-0.4, -0.2) is 42.8 Å². The minimum absolute atomic E-state index is 0.0103. The summed E-state index contributed by atoms with van der Waals surface area (Å²) in [7, 11) is 0. The van der Waals surface area contributed by atoms with Gasteiger partial charge < -0.3 is 19.9 Å². The third-order valence-corrected chi connectivity index (χ3v) is 8.39. The largest absolute Gasteiger partial charge is 0.480 e. The van der Waals surface area contributed by atoms with Crippen molar-refractivity contribution in [3.8, 4) is 0 Å². The van der Waals surface area contributed by atoms with Crippen LogP contribution < -0.4 is 0 Å². The maximum atomic E-state index is 12.8. The summed E-state index contributed by atoms with van der Waals surface area (Å²) in [6.45, 7) is 9.61. The molecule has 0 saturated carbocycles. The molecule has 0 bridgehead atoms. The van der Waals surface area contributed by atoms with E-state index in [1.54, 1.807) is 19.1 Å². The van der Waals surface area contributed by atoms with Gasteiger partial charge in [-0.25, -0.2) is 4.98 Å². The first-order chi connectivity index (χ1) is 16.4. The Morgan fingerprint density at radius 3 is 1.91 bits per heavy atom. The van der Waals surface area contributed by atoms with E-state index in [9.17, 15) is 29.7 Å². The Morgan fingerprint density at radius 2 is 1.51 bits per heavy atom. The zero-order chi connectivity index (χ0) is 26.3. The van der Waals surface area contributed by atoms with Gasteiger partial charge in [0.05, 0.1) is 16.8 Å². The SMILES string of the molecule is CCC1(CC)Cc2nc(C(C)C)n(Cc3ccc(Cl)cc3)c2C1(CC)C(C(=O)O)(C(=O)O)C(=O)O. The maximum Gasteiger partial charge on any atom is 0.333 e. The predicted molar refractivity (Wildman–Crippen MR) is 131 cm³/mol. The summed E-state index contributed by atoms with van der Waals surface area (Å²) in [6.07, 6.45) is 1.13. The number of hydrogen-bond donors (Lipinski definition) is 3. The first kappa shape index (κ1) is 26.7. The van der Waals surface area contributed by atoms with Gasteiger partial charge in [0.1, 0.15) is 5.82 Å². The third-order valence-electron chi connectivity index (χ3n) is 8.14. The van der Waals surface area contributed by atoms with Crippen LogP contribution in [0, 0.1) is 10.8 Å². The van der Waals surface area contributed by atoms with Gasteiger partial charge in [-0.05, 0) is 48.8 Å². The lowest BCUT2D eigenvalue weighted by Crippen LogP contribution is -2.66. The average Bonchev–Trinajstić information content (AvgIpc) is 3.28. The first-order valence-corrected chi connectivity index (χ1v) is 12.3. The van der Waals surface area contributed by atoms with Crippen molar-refractivity contribution in [3.05, 3.63) is 52.1 Å². The number of carboxylic acids is 3. The summed E-state index contributed by atoms with van der Waals surface area (Å²) in [5.41, 5.74) is -3.90. The average molecular weight is 505 g/mol. The van der Waals surface area contributed by atoms with Crippen LogP contribution in [0.3, 0.4) is 0 Å². The summed E-state index contributed by atoms with van der Waals surface area (Å²) in [5.74, 6) is -5.01. The summed E-state index contributed by atoms with van der Waals surface area (Å²) in [6, 6.07) is 7.17. The Morgan fingerprint density at radius 1 is 1.00 bits per heavy atom. The second-order valence-corrected chi connectivity index (χ2v) is 10.2. The van der Waals surface area contributed by atoms with Gasteiger partial charge in [-0.1, -0.05) is 58.4 Å². The zero-order valence-corrected chi connectivity index (χ0v) is 21.5. The standard InChI is InChI=1S/C26H33ClN2O6/c1-6-24(7-2)13-18-19(25(24,8-3)26(21(30)31,22(32)33)23(34)35)29(20(28-18)15(4)5)14-16-9-11-17(27)12-10-16/h9-12,15H,6-8,13-14H2,1-5H3,(H,30,31)(H,32,33)(H,34,35). The second kappa shape index (κ2) is 9.30. The van der Waals surface area contributed by atoms with Crippen molar-refractivity contribution in [2.75, 3.05) is 0 Å². The van der Waals surface area contributed by atoms with Crippen LogP contribution in [0.2, 0.25) is 5.02 Å². The van der Waals surface area contributed by atoms with Gasteiger partial charge in [0.2, 0.25) is 0 Å². The quantitative estimate of drug-likeness (QED) is 0.390. The van der Waals surface area contributed by atoms with Gasteiger partial charge in [0, 0.05) is 17.5 Å². The zero-order valence-electron chi connectivity index (χ0n) is 20.8. The maximum absolute atomic E-state index is 12.8. The molecule has 1 unspecified atom stereocenters. The number of rotatable bonds is 10. The molecule has 1 aliphatic rings. The Kier molecular flexibility index (Phi) is 7.10. The summed E-state index contributed by atoms with van der Waals surface area (Å²) >= 11 is 6.06. The van der Waals surface area contributed by atoms with Crippen LogP contribution in [-0.2, 0) is 32.8 Å². The molecule has 35 heavy (non-hydrogen) atoms. The van der Waals surface area contributed by atoms with E-state index in [1.165, 1.54) is 0 Å². The molecule has 0 aliphatic heterocycles. The molecule has 190 valence electrons. The van der Waals surface area contributed by atoms with Crippen molar-refractivity contribution in [3.63, 3.8) is 0 Å². The molecule has 0 saturated heterocycles. The van der Waals surface area contributed by atoms with Crippen molar-refractivity contribution >= 4 is 29.5 Å². The number of fused-ring (bicyclic) bond motifs is 1. The molecule has 0 fully saturated rings. The number of aliphatic carboxylic acids is 3. The predicted octanol–water partition coefficient (Wildman–Crippen LogP) is 4.96. The number of carboxylic acid groups (broad SMARTS) is 3. The number of nitrogens with zero attached hydrogens (tertiary/aromatic N) is 2. The van der Waals surface area contributed by atoms with E-state index < -0.39 is 34.2 Å². The van der Waals surface area contributed by atoms with Gasteiger partial charge in [0.15, 0.2) is 0 Å². The van der Waals surface area contributed by atoms with E-state index in [1.807, 2.05) is 44.4 Å². The van der Waals surface area contributed by atoms with Crippen LogP contribution in [0.4, 0.5) is 0 Å². The summed E-state index contributed by atoms with van der Waals surface area (Å²) < 4.78 is 1.86. The van der Waals surface area contributed by atoms with Gasteiger partial charge in [-0.3, -0.25) is 14.4 Å². The van der Waals surface area contributed by atoms with Crippen molar-refractivity contribution in [1.29, 1.82) is 0 Å². The van der Waals surface area contributed by atoms with Gasteiger partial charge >= 0.3 is 17.9 Å². The highest BCUT2D eigenvalue weighted by atomic mass is 35.5. The Balaban J connectivity index is 2.51. The van der Waals surface area contributed by atoms with Gasteiger partial charge in [-0.2, -0.15) is 0 Å². The molecular formula is C26H33ClN2O6. The van der Waals surface area contributed by atoms with Crippen molar-refractivity contribution in [2.24, 2.45) is 10.8 Å². The van der Waals surface area contributed by atoms with Crippen LogP contribution in [0.25, 0.3) is 0 Å². The fourth-order valence-corrected chi connectivity index (χ4v) is 6.65. The minimum Gasteiger partial charge on any atom is -0.480 e. The van der Waals surface area contributed by atoms with E-state index in [2.05, 4.69) is 0 Å². The fraction of sp³-hybridized carbons (Fsp3) is 0.538.